The third kappa shape index (κ3) is 4.65. The van der Waals surface area contributed by atoms with E-state index in [2.05, 4.69) is 11.4 Å². The average molecular weight is 435 g/mol. The molecule has 0 radical (unpaired) electrons. The molecule has 0 saturated carbocycles. The Bertz CT molecular complexity index is 1010. The van der Waals surface area contributed by atoms with Gasteiger partial charge in [0.05, 0.1) is 21.5 Å². The fourth-order valence-electron chi connectivity index (χ4n) is 3.77. The van der Waals surface area contributed by atoms with Crippen LogP contribution in [-0.2, 0) is 10.0 Å². The third-order valence-corrected chi connectivity index (χ3v) is 7.62. The first-order valence-corrected chi connectivity index (χ1v) is 11.7. The molecule has 0 bridgehead atoms. The predicted octanol–water partition coefficient (Wildman–Crippen LogP) is 4.62. The van der Waals surface area contributed by atoms with E-state index in [1.165, 1.54) is 22.5 Å². The first-order valence-electron chi connectivity index (χ1n) is 9.91. The van der Waals surface area contributed by atoms with Crippen LogP contribution in [0.5, 0.6) is 0 Å². The zero-order valence-corrected chi connectivity index (χ0v) is 18.6. The smallest absolute Gasteiger partial charge is 0.253 e. The Balaban J connectivity index is 1.88. The van der Waals surface area contributed by atoms with Gasteiger partial charge in [-0.25, -0.2) is 8.42 Å². The van der Waals surface area contributed by atoms with E-state index in [9.17, 15) is 13.2 Å². The molecule has 0 aromatic heterocycles. The SMILES string of the molecule is CCC(NC(=O)c1cc(S(=O)(=O)N2CCCC2)ccc1Cl)c1ccc(C)cc1C. The maximum atomic E-state index is 13.0. The van der Waals surface area contributed by atoms with Crippen LogP contribution in [0.25, 0.3) is 0 Å². The fraction of sp³-hybridized carbons (Fsp3) is 0.409. The van der Waals surface area contributed by atoms with E-state index in [0.29, 0.717) is 19.5 Å². The lowest BCUT2D eigenvalue weighted by atomic mass is 9.97. The third-order valence-electron chi connectivity index (χ3n) is 5.40. The molecular formula is C22H27ClN2O3S. The summed E-state index contributed by atoms with van der Waals surface area (Å²) in [7, 11) is -3.61. The number of rotatable bonds is 6. The molecule has 1 N–H and O–H groups in total. The molecule has 7 heteroatoms. The predicted molar refractivity (Wildman–Crippen MR) is 116 cm³/mol. The van der Waals surface area contributed by atoms with Crippen LogP contribution in [0.3, 0.4) is 0 Å². The Morgan fingerprint density at radius 2 is 1.83 bits per heavy atom. The molecule has 1 unspecified atom stereocenters. The van der Waals surface area contributed by atoms with Crippen LogP contribution >= 0.6 is 11.6 Å². The lowest BCUT2D eigenvalue weighted by molar-refractivity contribution is 0.0935. The molecule has 1 heterocycles. The molecule has 1 saturated heterocycles. The Morgan fingerprint density at radius 3 is 2.45 bits per heavy atom. The lowest BCUT2D eigenvalue weighted by Gasteiger charge is -2.21. The van der Waals surface area contributed by atoms with E-state index in [4.69, 9.17) is 11.6 Å². The zero-order chi connectivity index (χ0) is 21.2. The van der Waals surface area contributed by atoms with E-state index >= 15 is 0 Å². The zero-order valence-electron chi connectivity index (χ0n) is 17.0. The topological polar surface area (TPSA) is 66.5 Å². The molecule has 0 aliphatic carbocycles. The first kappa shape index (κ1) is 21.8. The van der Waals surface area contributed by atoms with Crippen LogP contribution in [0.2, 0.25) is 5.02 Å². The molecule has 2 aromatic rings. The Kier molecular flexibility index (Phi) is 6.66. The van der Waals surface area contributed by atoms with Gasteiger partial charge in [0.25, 0.3) is 5.91 Å². The van der Waals surface area contributed by atoms with Crippen LogP contribution in [0.1, 0.15) is 59.3 Å². The van der Waals surface area contributed by atoms with Crippen molar-refractivity contribution in [3.8, 4) is 0 Å². The highest BCUT2D eigenvalue weighted by Gasteiger charge is 2.28. The molecule has 1 aliphatic rings. The van der Waals surface area contributed by atoms with Crippen LogP contribution in [0.4, 0.5) is 0 Å². The number of halogens is 1. The molecule has 0 spiro atoms. The number of hydrogen-bond donors (Lipinski definition) is 1. The van der Waals surface area contributed by atoms with Gasteiger partial charge >= 0.3 is 0 Å². The number of amides is 1. The molecule has 1 aliphatic heterocycles. The van der Waals surface area contributed by atoms with Gasteiger partial charge in [0.1, 0.15) is 0 Å². The summed E-state index contributed by atoms with van der Waals surface area (Å²) in [6.07, 6.45) is 2.42. The van der Waals surface area contributed by atoms with Crippen molar-refractivity contribution in [2.45, 2.75) is 51.0 Å². The highest BCUT2D eigenvalue weighted by Crippen LogP contribution is 2.27. The van der Waals surface area contributed by atoms with Crippen molar-refractivity contribution in [2.75, 3.05) is 13.1 Å². The summed E-state index contributed by atoms with van der Waals surface area (Å²) in [4.78, 5) is 13.1. The minimum Gasteiger partial charge on any atom is -0.345 e. The number of carbonyl (C=O) groups is 1. The van der Waals surface area contributed by atoms with Gasteiger partial charge in [-0.15, -0.1) is 0 Å². The van der Waals surface area contributed by atoms with Crippen LogP contribution < -0.4 is 5.32 Å². The second-order valence-electron chi connectivity index (χ2n) is 7.55. The van der Waals surface area contributed by atoms with Crippen molar-refractivity contribution < 1.29 is 13.2 Å². The van der Waals surface area contributed by atoms with Crippen molar-refractivity contribution in [2.24, 2.45) is 0 Å². The maximum Gasteiger partial charge on any atom is 0.253 e. The van der Waals surface area contributed by atoms with Crippen molar-refractivity contribution in [3.05, 3.63) is 63.7 Å². The van der Waals surface area contributed by atoms with Gasteiger partial charge in [-0.2, -0.15) is 4.31 Å². The molecule has 5 nitrogen and oxygen atoms in total. The number of benzene rings is 2. The number of carbonyl (C=O) groups excluding carboxylic acids is 1. The number of nitrogens with one attached hydrogen (secondary N) is 1. The Morgan fingerprint density at radius 1 is 1.14 bits per heavy atom. The maximum absolute atomic E-state index is 13.0. The second-order valence-corrected chi connectivity index (χ2v) is 9.89. The second kappa shape index (κ2) is 8.86. The largest absolute Gasteiger partial charge is 0.345 e. The van der Waals surface area contributed by atoms with Gasteiger partial charge in [-0.1, -0.05) is 42.3 Å². The van der Waals surface area contributed by atoms with Crippen molar-refractivity contribution in [1.29, 1.82) is 0 Å². The summed E-state index contributed by atoms with van der Waals surface area (Å²) in [6, 6.07) is 10.3. The standard InChI is InChI=1S/C22H27ClN2O3S/c1-4-21(18-9-7-15(2)13-16(18)3)24-22(26)19-14-17(8-10-20(19)23)29(27,28)25-11-5-6-12-25/h7-10,13-14,21H,4-6,11-12H2,1-3H3,(H,24,26). The quantitative estimate of drug-likeness (QED) is 0.721. The van der Waals surface area contributed by atoms with E-state index in [1.807, 2.05) is 32.9 Å². The number of nitrogens with zero attached hydrogens (tertiary/aromatic N) is 1. The van der Waals surface area contributed by atoms with E-state index in [-0.39, 0.29) is 27.4 Å². The van der Waals surface area contributed by atoms with Crippen LogP contribution in [-0.4, -0.2) is 31.7 Å². The summed E-state index contributed by atoms with van der Waals surface area (Å²) in [6.45, 7) is 7.07. The highest BCUT2D eigenvalue weighted by atomic mass is 35.5. The van der Waals surface area contributed by atoms with E-state index in [1.54, 1.807) is 0 Å². The highest BCUT2D eigenvalue weighted by molar-refractivity contribution is 7.89. The summed E-state index contributed by atoms with van der Waals surface area (Å²) in [5, 5.41) is 3.25. The fourth-order valence-corrected chi connectivity index (χ4v) is 5.52. The summed E-state index contributed by atoms with van der Waals surface area (Å²) in [5.74, 6) is -0.375. The van der Waals surface area contributed by atoms with Crippen LogP contribution in [0.15, 0.2) is 41.3 Å². The van der Waals surface area contributed by atoms with Crippen molar-refractivity contribution >= 4 is 27.5 Å². The number of sulfonamides is 1. The molecular weight excluding hydrogens is 408 g/mol. The van der Waals surface area contributed by atoms with Crippen molar-refractivity contribution in [3.63, 3.8) is 0 Å². The molecule has 156 valence electrons. The number of hydrogen-bond acceptors (Lipinski definition) is 3. The molecule has 3 rings (SSSR count). The van der Waals surface area contributed by atoms with Gasteiger partial charge in [0.15, 0.2) is 0 Å². The van der Waals surface area contributed by atoms with Gasteiger partial charge < -0.3 is 5.32 Å². The minimum atomic E-state index is -3.61. The van der Waals surface area contributed by atoms with Gasteiger partial charge in [0.2, 0.25) is 10.0 Å². The monoisotopic (exact) mass is 434 g/mol. The summed E-state index contributed by atoms with van der Waals surface area (Å²) in [5.41, 5.74) is 3.49. The van der Waals surface area contributed by atoms with Gasteiger partial charge in [-0.05, 0) is 62.4 Å². The van der Waals surface area contributed by atoms with E-state index < -0.39 is 10.0 Å². The molecule has 29 heavy (non-hydrogen) atoms. The molecule has 1 fully saturated rings. The lowest BCUT2D eigenvalue weighted by Crippen LogP contribution is -2.30. The average Bonchev–Trinajstić information content (AvgIpc) is 3.22. The van der Waals surface area contributed by atoms with E-state index in [0.717, 1.165) is 29.5 Å². The van der Waals surface area contributed by atoms with Crippen LogP contribution in [0, 0.1) is 13.8 Å². The Hall–Kier alpha value is -1.89. The first-order chi connectivity index (χ1) is 13.7. The van der Waals surface area contributed by atoms with Gasteiger partial charge in [0, 0.05) is 13.1 Å². The molecule has 2 aromatic carbocycles. The molecule has 1 atom stereocenters. The molecule has 1 amide bonds. The summed E-state index contributed by atoms with van der Waals surface area (Å²) >= 11 is 6.26. The normalized spacial score (nSPS) is 16.0. The Labute approximate surface area is 178 Å². The van der Waals surface area contributed by atoms with Gasteiger partial charge in [-0.3, -0.25) is 4.79 Å². The number of aryl methyl sites for hydroxylation is 2. The minimum absolute atomic E-state index is 0.105. The van der Waals surface area contributed by atoms with Crippen molar-refractivity contribution in [1.82, 2.24) is 9.62 Å². The summed E-state index contributed by atoms with van der Waals surface area (Å²) < 4.78 is 27.2.